The van der Waals surface area contributed by atoms with Crippen LogP contribution in [0.3, 0.4) is 0 Å². The summed E-state index contributed by atoms with van der Waals surface area (Å²) in [5.41, 5.74) is 3.24. The Bertz CT molecular complexity index is 471. The van der Waals surface area contributed by atoms with Crippen LogP contribution < -0.4 is 5.32 Å². The fraction of sp³-hybridized carbons (Fsp3) is 0.462. The van der Waals surface area contributed by atoms with E-state index in [9.17, 15) is 0 Å². The molecule has 0 aliphatic carbocycles. The monoisotopic (exact) mass is 216 g/mol. The summed E-state index contributed by atoms with van der Waals surface area (Å²) in [6.45, 7) is 2.33. The first kappa shape index (κ1) is 9.85. The average Bonchev–Trinajstić information content (AvgIpc) is 2.77. The molecule has 2 heterocycles. The molecular formula is C13H16N2O. The predicted octanol–water partition coefficient (Wildman–Crippen LogP) is 2.37. The van der Waals surface area contributed by atoms with Gasteiger partial charge in [-0.3, -0.25) is 0 Å². The van der Waals surface area contributed by atoms with Gasteiger partial charge in [0.05, 0.1) is 0 Å². The minimum atomic E-state index is 0.825. The number of piperidine rings is 1. The second-order valence-electron chi connectivity index (χ2n) is 4.55. The Kier molecular flexibility index (Phi) is 2.62. The fourth-order valence-electron chi connectivity index (χ4n) is 2.45. The van der Waals surface area contributed by atoms with Crippen LogP contribution in [0.4, 0.5) is 0 Å². The van der Waals surface area contributed by atoms with Crippen molar-refractivity contribution >= 4 is 11.1 Å². The highest BCUT2D eigenvalue weighted by Crippen LogP contribution is 2.21. The molecule has 1 N–H and O–H groups in total. The van der Waals surface area contributed by atoms with E-state index in [0.717, 1.165) is 30.1 Å². The van der Waals surface area contributed by atoms with Crippen molar-refractivity contribution in [3.05, 3.63) is 30.2 Å². The maximum absolute atomic E-state index is 5.24. The van der Waals surface area contributed by atoms with Crippen LogP contribution in [0, 0.1) is 5.92 Å². The lowest BCUT2D eigenvalue weighted by atomic mass is 9.91. The smallest absolute Gasteiger partial charge is 0.181 e. The molecular weight excluding hydrogens is 200 g/mol. The van der Waals surface area contributed by atoms with Gasteiger partial charge in [0.1, 0.15) is 5.52 Å². The van der Waals surface area contributed by atoms with Gasteiger partial charge in [0.25, 0.3) is 0 Å². The van der Waals surface area contributed by atoms with Crippen LogP contribution in [-0.2, 0) is 6.42 Å². The van der Waals surface area contributed by atoms with E-state index >= 15 is 0 Å². The second-order valence-corrected chi connectivity index (χ2v) is 4.55. The number of hydrogen-bond donors (Lipinski definition) is 1. The summed E-state index contributed by atoms with van der Waals surface area (Å²) in [4.78, 5) is 4.19. The highest BCUT2D eigenvalue weighted by atomic mass is 16.3. The molecule has 0 unspecified atom stereocenters. The van der Waals surface area contributed by atoms with Crippen molar-refractivity contribution in [3.63, 3.8) is 0 Å². The molecule has 0 radical (unpaired) electrons. The molecule has 0 amide bonds. The highest BCUT2D eigenvalue weighted by Gasteiger charge is 2.13. The number of nitrogens with zero attached hydrogens (tertiary/aromatic N) is 1. The Balaban J connectivity index is 1.77. The molecule has 0 atom stereocenters. The van der Waals surface area contributed by atoms with Crippen LogP contribution in [0.5, 0.6) is 0 Å². The Morgan fingerprint density at radius 3 is 3.06 bits per heavy atom. The minimum Gasteiger partial charge on any atom is -0.443 e. The third kappa shape index (κ3) is 1.95. The van der Waals surface area contributed by atoms with Crippen molar-refractivity contribution in [2.24, 2.45) is 5.92 Å². The van der Waals surface area contributed by atoms with Crippen LogP contribution in [0.25, 0.3) is 11.1 Å². The van der Waals surface area contributed by atoms with Gasteiger partial charge in [0.2, 0.25) is 0 Å². The van der Waals surface area contributed by atoms with Crippen molar-refractivity contribution in [2.75, 3.05) is 13.1 Å². The first-order chi connectivity index (χ1) is 7.92. The molecule has 1 aliphatic heterocycles. The maximum atomic E-state index is 5.24. The van der Waals surface area contributed by atoms with Gasteiger partial charge < -0.3 is 9.73 Å². The molecule has 1 aliphatic rings. The molecule has 1 fully saturated rings. The van der Waals surface area contributed by atoms with Gasteiger partial charge in [-0.15, -0.1) is 0 Å². The van der Waals surface area contributed by atoms with Crippen molar-refractivity contribution in [2.45, 2.75) is 19.3 Å². The van der Waals surface area contributed by atoms with E-state index in [0.29, 0.717) is 0 Å². The van der Waals surface area contributed by atoms with Crippen molar-refractivity contribution < 1.29 is 4.42 Å². The lowest BCUT2D eigenvalue weighted by Gasteiger charge is -2.22. The number of aromatic nitrogens is 1. The molecule has 1 aromatic heterocycles. The number of oxazole rings is 1. The Labute approximate surface area is 94.9 Å². The zero-order valence-electron chi connectivity index (χ0n) is 9.28. The summed E-state index contributed by atoms with van der Waals surface area (Å²) in [6, 6.07) is 6.34. The molecule has 3 nitrogen and oxygen atoms in total. The number of benzene rings is 1. The molecule has 16 heavy (non-hydrogen) atoms. The van der Waals surface area contributed by atoms with E-state index in [1.54, 1.807) is 0 Å². The molecule has 3 rings (SSSR count). The molecule has 84 valence electrons. The maximum Gasteiger partial charge on any atom is 0.181 e. The van der Waals surface area contributed by atoms with Crippen molar-refractivity contribution in [1.82, 2.24) is 10.3 Å². The first-order valence-electron chi connectivity index (χ1n) is 5.95. The summed E-state index contributed by atoms with van der Waals surface area (Å²) >= 11 is 0. The van der Waals surface area contributed by atoms with Crippen LogP contribution in [0.2, 0.25) is 0 Å². The lowest BCUT2D eigenvalue weighted by molar-refractivity contribution is 0.373. The standard InChI is InChI=1S/C13H16N2O/c1-2-13-12(15-9-16-13)8-11(1)7-10-3-5-14-6-4-10/h1-2,8-10,14H,3-7H2. The van der Waals surface area contributed by atoms with Gasteiger partial charge in [-0.2, -0.15) is 0 Å². The zero-order chi connectivity index (χ0) is 10.8. The second kappa shape index (κ2) is 4.26. The summed E-state index contributed by atoms with van der Waals surface area (Å²) in [6.07, 6.45) is 5.26. The number of nitrogens with one attached hydrogen (secondary N) is 1. The molecule has 0 saturated carbocycles. The third-order valence-electron chi connectivity index (χ3n) is 3.38. The van der Waals surface area contributed by atoms with Crippen LogP contribution in [0.1, 0.15) is 18.4 Å². The van der Waals surface area contributed by atoms with E-state index in [2.05, 4.69) is 22.4 Å². The highest BCUT2D eigenvalue weighted by molar-refractivity contribution is 5.72. The van der Waals surface area contributed by atoms with Crippen molar-refractivity contribution in [1.29, 1.82) is 0 Å². The molecule has 1 saturated heterocycles. The number of rotatable bonds is 2. The summed E-state index contributed by atoms with van der Waals surface area (Å²) in [7, 11) is 0. The minimum absolute atomic E-state index is 0.825. The van der Waals surface area contributed by atoms with E-state index in [-0.39, 0.29) is 0 Å². The Morgan fingerprint density at radius 1 is 1.31 bits per heavy atom. The van der Waals surface area contributed by atoms with Gasteiger partial charge >= 0.3 is 0 Å². The molecule has 3 heteroatoms. The average molecular weight is 216 g/mol. The van der Waals surface area contributed by atoms with Gasteiger partial charge in [0.15, 0.2) is 12.0 Å². The van der Waals surface area contributed by atoms with Crippen LogP contribution >= 0.6 is 0 Å². The summed E-state index contributed by atoms with van der Waals surface area (Å²) in [5.74, 6) is 0.825. The van der Waals surface area contributed by atoms with Gasteiger partial charge in [-0.05, 0) is 56.0 Å². The number of fused-ring (bicyclic) bond motifs is 1. The van der Waals surface area contributed by atoms with Gasteiger partial charge in [-0.1, -0.05) is 6.07 Å². The Morgan fingerprint density at radius 2 is 2.19 bits per heavy atom. The SMILES string of the molecule is c1nc2cc(CC3CCNCC3)ccc2o1. The quantitative estimate of drug-likeness (QED) is 0.837. The van der Waals surface area contributed by atoms with E-state index < -0.39 is 0 Å². The topological polar surface area (TPSA) is 38.1 Å². The van der Waals surface area contributed by atoms with Gasteiger partial charge in [-0.25, -0.2) is 4.98 Å². The molecule has 0 bridgehead atoms. The zero-order valence-corrected chi connectivity index (χ0v) is 9.28. The molecule has 2 aromatic rings. The van der Waals surface area contributed by atoms with Gasteiger partial charge in [0, 0.05) is 0 Å². The fourth-order valence-corrected chi connectivity index (χ4v) is 2.45. The van der Waals surface area contributed by atoms with E-state index in [1.165, 1.54) is 31.2 Å². The predicted molar refractivity (Wildman–Crippen MR) is 63.3 cm³/mol. The van der Waals surface area contributed by atoms with Crippen LogP contribution in [-0.4, -0.2) is 18.1 Å². The van der Waals surface area contributed by atoms with Crippen molar-refractivity contribution in [3.8, 4) is 0 Å². The molecule has 1 aromatic carbocycles. The van der Waals surface area contributed by atoms with E-state index in [4.69, 9.17) is 4.42 Å². The largest absolute Gasteiger partial charge is 0.443 e. The summed E-state index contributed by atoms with van der Waals surface area (Å²) in [5, 5.41) is 3.40. The normalized spacial score (nSPS) is 18.0. The number of hydrogen-bond acceptors (Lipinski definition) is 3. The first-order valence-corrected chi connectivity index (χ1v) is 5.95. The van der Waals surface area contributed by atoms with Crippen LogP contribution in [0.15, 0.2) is 29.0 Å². The third-order valence-corrected chi connectivity index (χ3v) is 3.38. The van der Waals surface area contributed by atoms with E-state index in [1.807, 2.05) is 6.07 Å². The summed E-state index contributed by atoms with van der Waals surface area (Å²) < 4.78 is 5.24. The Hall–Kier alpha value is -1.35. The lowest BCUT2D eigenvalue weighted by Crippen LogP contribution is -2.28. The molecule has 0 spiro atoms.